The number of nitrogens with one attached hydrogen (secondary N) is 1. The first-order chi connectivity index (χ1) is 8.82. The molecule has 19 heavy (non-hydrogen) atoms. The molecule has 0 heterocycles. The Labute approximate surface area is 121 Å². The fraction of sp³-hybridized carbons (Fsp3) is 0.562. The third kappa shape index (κ3) is 4.54. The van der Waals surface area contributed by atoms with Crippen LogP contribution in [0.3, 0.4) is 0 Å². The number of rotatable bonds is 5. The Bertz CT molecular complexity index is 432. The van der Waals surface area contributed by atoms with Crippen LogP contribution >= 0.6 is 11.6 Å². The fourth-order valence-corrected chi connectivity index (χ4v) is 2.67. The number of halogens is 1. The van der Waals surface area contributed by atoms with Crippen molar-refractivity contribution >= 4 is 17.5 Å². The highest BCUT2D eigenvalue weighted by atomic mass is 35.5. The molecule has 0 fully saturated rings. The van der Waals surface area contributed by atoms with Crippen LogP contribution in [0.1, 0.15) is 43.6 Å². The summed E-state index contributed by atoms with van der Waals surface area (Å²) in [4.78, 5) is 12.1. The highest BCUT2D eigenvalue weighted by Crippen LogP contribution is 2.21. The minimum Gasteiger partial charge on any atom is -0.352 e. The normalized spacial score (nSPS) is 11.4. The molecular formula is C16H24ClNO. The Kier molecular flexibility index (Phi) is 5.86. The van der Waals surface area contributed by atoms with E-state index in [0.717, 1.165) is 5.56 Å². The van der Waals surface area contributed by atoms with Gasteiger partial charge in [-0.05, 0) is 42.4 Å². The Hall–Kier alpha value is -1.02. The molecule has 0 atom stereocenters. The Morgan fingerprint density at radius 1 is 1.21 bits per heavy atom. The maximum Gasteiger partial charge on any atom is 0.252 e. The summed E-state index contributed by atoms with van der Waals surface area (Å²) in [5.74, 6) is 1.49. The topological polar surface area (TPSA) is 29.1 Å². The van der Waals surface area contributed by atoms with Crippen molar-refractivity contribution in [2.24, 2.45) is 17.8 Å². The van der Waals surface area contributed by atoms with E-state index >= 15 is 0 Å². The van der Waals surface area contributed by atoms with Crippen LogP contribution in [0.4, 0.5) is 0 Å². The lowest BCUT2D eigenvalue weighted by Gasteiger charge is -2.25. The van der Waals surface area contributed by atoms with Crippen LogP contribution in [-0.2, 0) is 0 Å². The average Bonchev–Trinajstić information content (AvgIpc) is 2.27. The largest absolute Gasteiger partial charge is 0.352 e. The van der Waals surface area contributed by atoms with E-state index < -0.39 is 0 Å². The van der Waals surface area contributed by atoms with Gasteiger partial charge in [-0.25, -0.2) is 0 Å². The summed E-state index contributed by atoms with van der Waals surface area (Å²) in [6, 6.07) is 5.51. The lowest BCUT2D eigenvalue weighted by Crippen LogP contribution is -2.34. The smallest absolute Gasteiger partial charge is 0.252 e. The molecule has 0 spiro atoms. The van der Waals surface area contributed by atoms with Crippen molar-refractivity contribution in [3.63, 3.8) is 0 Å². The van der Waals surface area contributed by atoms with E-state index in [1.54, 1.807) is 6.07 Å². The first-order valence-electron chi connectivity index (χ1n) is 6.87. The van der Waals surface area contributed by atoms with E-state index in [-0.39, 0.29) is 5.91 Å². The van der Waals surface area contributed by atoms with Gasteiger partial charge in [-0.1, -0.05) is 45.4 Å². The second-order valence-corrected chi connectivity index (χ2v) is 6.25. The molecule has 1 N–H and O–H groups in total. The fourth-order valence-electron chi connectivity index (χ4n) is 2.35. The third-order valence-corrected chi connectivity index (χ3v) is 3.89. The lowest BCUT2D eigenvalue weighted by atomic mass is 9.85. The molecule has 0 saturated carbocycles. The van der Waals surface area contributed by atoms with Gasteiger partial charge in [0.05, 0.1) is 10.6 Å². The quantitative estimate of drug-likeness (QED) is 0.856. The number of benzene rings is 1. The maximum absolute atomic E-state index is 12.1. The minimum absolute atomic E-state index is 0.0868. The zero-order chi connectivity index (χ0) is 14.6. The molecule has 0 aliphatic rings. The molecule has 1 aromatic rings. The van der Waals surface area contributed by atoms with Crippen molar-refractivity contribution in [2.45, 2.75) is 34.6 Å². The SMILES string of the molecule is Cc1ccc(C(=O)NCC(C(C)C)C(C)C)c(Cl)c1. The van der Waals surface area contributed by atoms with Crippen molar-refractivity contribution in [3.05, 3.63) is 34.3 Å². The van der Waals surface area contributed by atoms with E-state index in [1.165, 1.54) is 0 Å². The van der Waals surface area contributed by atoms with E-state index in [0.29, 0.717) is 34.9 Å². The Morgan fingerprint density at radius 3 is 2.26 bits per heavy atom. The summed E-state index contributed by atoms with van der Waals surface area (Å²) in [5, 5.41) is 3.52. The van der Waals surface area contributed by atoms with Crippen molar-refractivity contribution in [1.82, 2.24) is 5.32 Å². The predicted octanol–water partition coefficient (Wildman–Crippen LogP) is 4.31. The van der Waals surface area contributed by atoms with Gasteiger partial charge in [-0.15, -0.1) is 0 Å². The van der Waals surface area contributed by atoms with Gasteiger partial charge in [0.15, 0.2) is 0 Å². The van der Waals surface area contributed by atoms with Gasteiger partial charge >= 0.3 is 0 Å². The van der Waals surface area contributed by atoms with Crippen LogP contribution in [0, 0.1) is 24.7 Å². The zero-order valence-corrected chi connectivity index (χ0v) is 13.2. The molecule has 0 saturated heterocycles. The Morgan fingerprint density at radius 2 is 1.79 bits per heavy atom. The molecule has 1 amide bonds. The molecule has 0 radical (unpaired) electrons. The van der Waals surface area contributed by atoms with Crippen LogP contribution in [0.2, 0.25) is 5.02 Å². The summed E-state index contributed by atoms with van der Waals surface area (Å²) in [6.45, 7) is 11.4. The molecule has 2 nitrogen and oxygen atoms in total. The second-order valence-electron chi connectivity index (χ2n) is 5.85. The number of amides is 1. The zero-order valence-electron chi connectivity index (χ0n) is 12.5. The molecule has 1 rings (SSSR count). The van der Waals surface area contributed by atoms with Crippen LogP contribution in [0.15, 0.2) is 18.2 Å². The highest BCUT2D eigenvalue weighted by molar-refractivity contribution is 6.33. The summed E-state index contributed by atoms with van der Waals surface area (Å²) >= 11 is 6.10. The molecule has 0 aromatic heterocycles. The van der Waals surface area contributed by atoms with E-state index in [1.807, 2.05) is 19.1 Å². The number of carbonyl (C=O) groups excluding carboxylic acids is 1. The number of carbonyl (C=O) groups is 1. The number of aryl methyl sites for hydroxylation is 1. The first kappa shape index (κ1) is 16.0. The average molecular weight is 282 g/mol. The predicted molar refractivity (Wildman–Crippen MR) is 81.7 cm³/mol. The summed E-state index contributed by atoms with van der Waals surface area (Å²) in [6.07, 6.45) is 0. The molecule has 106 valence electrons. The number of hydrogen-bond acceptors (Lipinski definition) is 1. The summed E-state index contributed by atoms with van der Waals surface area (Å²) in [5.41, 5.74) is 1.61. The van der Waals surface area contributed by atoms with Gasteiger partial charge in [-0.2, -0.15) is 0 Å². The van der Waals surface area contributed by atoms with Gasteiger partial charge in [0.1, 0.15) is 0 Å². The monoisotopic (exact) mass is 281 g/mol. The second kappa shape index (κ2) is 6.95. The van der Waals surface area contributed by atoms with Crippen LogP contribution in [0.25, 0.3) is 0 Å². The van der Waals surface area contributed by atoms with Crippen LogP contribution in [0.5, 0.6) is 0 Å². The van der Waals surface area contributed by atoms with Crippen LogP contribution < -0.4 is 5.32 Å². The number of hydrogen-bond donors (Lipinski definition) is 1. The third-order valence-electron chi connectivity index (χ3n) is 3.58. The van der Waals surface area contributed by atoms with E-state index in [2.05, 4.69) is 33.0 Å². The molecule has 0 bridgehead atoms. The summed E-state index contributed by atoms with van der Waals surface area (Å²) in [7, 11) is 0. The summed E-state index contributed by atoms with van der Waals surface area (Å²) < 4.78 is 0. The van der Waals surface area contributed by atoms with E-state index in [4.69, 9.17) is 11.6 Å². The molecule has 3 heteroatoms. The van der Waals surface area contributed by atoms with Crippen molar-refractivity contribution < 1.29 is 4.79 Å². The van der Waals surface area contributed by atoms with Crippen LogP contribution in [-0.4, -0.2) is 12.5 Å². The van der Waals surface area contributed by atoms with Crippen molar-refractivity contribution in [2.75, 3.05) is 6.54 Å². The molecule has 1 aromatic carbocycles. The molecular weight excluding hydrogens is 258 g/mol. The standard InChI is InChI=1S/C16H24ClNO/c1-10(2)14(11(3)4)9-18-16(19)13-7-6-12(5)8-15(13)17/h6-8,10-11,14H,9H2,1-5H3,(H,18,19). The first-order valence-corrected chi connectivity index (χ1v) is 7.25. The van der Waals surface area contributed by atoms with Gasteiger partial charge in [0.25, 0.3) is 5.91 Å². The highest BCUT2D eigenvalue weighted by Gasteiger charge is 2.19. The van der Waals surface area contributed by atoms with Gasteiger partial charge in [0.2, 0.25) is 0 Å². The van der Waals surface area contributed by atoms with E-state index in [9.17, 15) is 4.79 Å². The van der Waals surface area contributed by atoms with Crippen molar-refractivity contribution in [1.29, 1.82) is 0 Å². The lowest BCUT2D eigenvalue weighted by molar-refractivity contribution is 0.0937. The molecule has 0 unspecified atom stereocenters. The van der Waals surface area contributed by atoms with Gasteiger partial charge in [-0.3, -0.25) is 4.79 Å². The maximum atomic E-state index is 12.1. The molecule has 0 aliphatic heterocycles. The van der Waals surface area contributed by atoms with Gasteiger partial charge in [0, 0.05) is 6.54 Å². The Balaban J connectivity index is 2.69. The molecule has 0 aliphatic carbocycles. The van der Waals surface area contributed by atoms with Crippen molar-refractivity contribution in [3.8, 4) is 0 Å². The van der Waals surface area contributed by atoms with Gasteiger partial charge < -0.3 is 5.32 Å². The minimum atomic E-state index is -0.0868.